The van der Waals surface area contributed by atoms with Gasteiger partial charge in [-0.3, -0.25) is 19.0 Å². The van der Waals surface area contributed by atoms with Crippen molar-refractivity contribution in [2.24, 2.45) is 0 Å². The Morgan fingerprint density at radius 3 is 2.29 bits per heavy atom. The number of nitrogens with zero attached hydrogens (tertiary/aromatic N) is 4. The summed E-state index contributed by atoms with van der Waals surface area (Å²) in [5.41, 5.74) is 0.158. The molecule has 5 rings (SSSR count). The maximum atomic E-state index is 13.0. The molecule has 2 aliphatic heterocycles. The zero-order chi connectivity index (χ0) is 24.6. The summed E-state index contributed by atoms with van der Waals surface area (Å²) in [5.74, 6) is -0.191. The van der Waals surface area contributed by atoms with Crippen LogP contribution in [0.25, 0.3) is 10.9 Å². The Labute approximate surface area is 202 Å². The number of hydrogen-bond donors (Lipinski definition) is 0. The fourth-order valence-electron chi connectivity index (χ4n) is 4.63. The Kier molecular flexibility index (Phi) is 6.20. The Bertz CT molecular complexity index is 1420. The predicted molar refractivity (Wildman–Crippen MR) is 127 cm³/mol. The van der Waals surface area contributed by atoms with Gasteiger partial charge in [0, 0.05) is 45.3 Å². The van der Waals surface area contributed by atoms with Crippen molar-refractivity contribution in [3.8, 4) is 0 Å². The molecule has 2 amide bonds. The van der Waals surface area contributed by atoms with Gasteiger partial charge in [-0.15, -0.1) is 0 Å². The van der Waals surface area contributed by atoms with Crippen molar-refractivity contribution in [3.63, 3.8) is 0 Å². The molecule has 3 aromatic rings. The van der Waals surface area contributed by atoms with Crippen molar-refractivity contribution in [2.75, 3.05) is 39.3 Å². The molecule has 2 aliphatic rings. The van der Waals surface area contributed by atoms with Crippen molar-refractivity contribution in [2.45, 2.75) is 24.3 Å². The van der Waals surface area contributed by atoms with Gasteiger partial charge in [0.1, 0.15) is 6.54 Å². The minimum atomic E-state index is -3.59. The van der Waals surface area contributed by atoms with E-state index in [1.807, 2.05) is 0 Å². The largest absolute Gasteiger partial charge is 0.459 e. The number of sulfonamides is 1. The van der Waals surface area contributed by atoms with Gasteiger partial charge in [-0.2, -0.15) is 4.31 Å². The zero-order valence-electron chi connectivity index (χ0n) is 19.1. The van der Waals surface area contributed by atoms with Gasteiger partial charge in [0.05, 0.1) is 16.7 Å². The molecule has 4 heterocycles. The van der Waals surface area contributed by atoms with Crippen molar-refractivity contribution < 1.29 is 22.4 Å². The Morgan fingerprint density at radius 1 is 0.886 bits per heavy atom. The summed E-state index contributed by atoms with van der Waals surface area (Å²) >= 11 is 0. The van der Waals surface area contributed by atoms with Gasteiger partial charge in [0.25, 0.3) is 11.5 Å². The number of aromatic nitrogens is 1. The van der Waals surface area contributed by atoms with Crippen LogP contribution >= 0.6 is 0 Å². The zero-order valence-corrected chi connectivity index (χ0v) is 19.9. The highest BCUT2D eigenvalue weighted by molar-refractivity contribution is 7.89. The molecule has 0 radical (unpaired) electrons. The summed E-state index contributed by atoms with van der Waals surface area (Å²) in [4.78, 5) is 41.5. The number of amides is 2. The van der Waals surface area contributed by atoms with E-state index in [9.17, 15) is 22.8 Å². The van der Waals surface area contributed by atoms with Crippen molar-refractivity contribution in [1.29, 1.82) is 0 Å². The second-order valence-corrected chi connectivity index (χ2v) is 10.7. The van der Waals surface area contributed by atoms with E-state index in [0.29, 0.717) is 50.2 Å². The number of carbonyl (C=O) groups excluding carboxylic acids is 2. The third-order valence-electron chi connectivity index (χ3n) is 6.61. The summed E-state index contributed by atoms with van der Waals surface area (Å²) in [5, 5.41) is 0.575. The van der Waals surface area contributed by atoms with Crippen LogP contribution in [0, 0.1) is 0 Å². The molecule has 2 fully saturated rings. The Balaban J connectivity index is 1.32. The lowest BCUT2D eigenvalue weighted by molar-refractivity contribution is -0.133. The molecule has 10 nitrogen and oxygen atoms in total. The van der Waals surface area contributed by atoms with Gasteiger partial charge in [-0.25, -0.2) is 8.42 Å². The van der Waals surface area contributed by atoms with Gasteiger partial charge in [0.15, 0.2) is 5.76 Å². The number of fused-ring (bicyclic) bond motifs is 1. The first-order valence-electron chi connectivity index (χ1n) is 11.6. The van der Waals surface area contributed by atoms with Crippen LogP contribution in [0.1, 0.15) is 23.4 Å². The lowest BCUT2D eigenvalue weighted by atomic mass is 10.2. The number of piperazine rings is 1. The first kappa shape index (κ1) is 23.3. The van der Waals surface area contributed by atoms with E-state index >= 15 is 0 Å². The van der Waals surface area contributed by atoms with Gasteiger partial charge in [0.2, 0.25) is 15.9 Å². The monoisotopic (exact) mass is 498 g/mol. The number of pyridine rings is 1. The van der Waals surface area contributed by atoms with E-state index in [1.165, 1.54) is 27.3 Å². The Hall–Kier alpha value is -3.44. The molecule has 1 aromatic carbocycles. The molecule has 2 aromatic heterocycles. The molecule has 0 spiro atoms. The maximum absolute atomic E-state index is 13.0. The fourth-order valence-corrected chi connectivity index (χ4v) is 6.19. The summed E-state index contributed by atoms with van der Waals surface area (Å²) in [6.07, 6.45) is 3.14. The topological polar surface area (TPSA) is 113 Å². The van der Waals surface area contributed by atoms with Crippen LogP contribution in [0.15, 0.2) is 62.8 Å². The highest BCUT2D eigenvalue weighted by Gasteiger charge is 2.28. The summed E-state index contributed by atoms with van der Waals surface area (Å²) < 4.78 is 33.9. The van der Waals surface area contributed by atoms with Crippen LogP contribution < -0.4 is 5.56 Å². The predicted octanol–water partition coefficient (Wildman–Crippen LogP) is 1.36. The summed E-state index contributed by atoms with van der Waals surface area (Å²) in [6.45, 7) is 2.29. The number of carbonyl (C=O) groups is 2. The standard InChI is InChI=1S/C24H26N4O6S/c29-22-8-5-18-16-19(35(32,33)27-9-1-2-10-27)6-7-20(18)28(22)17-23(30)25-11-13-26(14-12-25)24(31)21-4-3-15-34-21/h3-8,15-16H,1-2,9-14,17H2. The molecular formula is C24H26N4O6S. The van der Waals surface area contributed by atoms with Crippen molar-refractivity contribution >= 4 is 32.7 Å². The van der Waals surface area contributed by atoms with Crippen LogP contribution in [0.5, 0.6) is 0 Å². The molecule has 0 N–H and O–H groups in total. The second kappa shape index (κ2) is 9.31. The van der Waals surface area contributed by atoms with Gasteiger partial charge >= 0.3 is 0 Å². The van der Waals surface area contributed by atoms with E-state index in [0.717, 1.165) is 12.8 Å². The van der Waals surface area contributed by atoms with E-state index in [2.05, 4.69) is 0 Å². The summed E-state index contributed by atoms with van der Waals surface area (Å²) in [6, 6.07) is 10.8. The van der Waals surface area contributed by atoms with Gasteiger partial charge in [-0.1, -0.05) is 0 Å². The third-order valence-corrected chi connectivity index (χ3v) is 8.50. The SMILES string of the molecule is O=C(Cn1c(=O)ccc2cc(S(=O)(=O)N3CCCC3)ccc21)N1CCN(C(=O)c2ccco2)CC1. The van der Waals surface area contributed by atoms with E-state index in [1.54, 1.807) is 40.1 Å². The first-order chi connectivity index (χ1) is 16.8. The smallest absolute Gasteiger partial charge is 0.289 e. The normalized spacial score (nSPS) is 17.3. The molecule has 184 valence electrons. The number of benzene rings is 1. The lowest BCUT2D eigenvalue weighted by Gasteiger charge is -2.34. The third kappa shape index (κ3) is 4.48. The fraction of sp³-hybridized carbons (Fsp3) is 0.375. The average molecular weight is 499 g/mol. The van der Waals surface area contributed by atoms with Crippen LogP contribution in [0.4, 0.5) is 0 Å². The Morgan fingerprint density at radius 2 is 1.60 bits per heavy atom. The molecule has 2 saturated heterocycles. The van der Waals surface area contributed by atoms with Crippen LogP contribution in [0.3, 0.4) is 0 Å². The van der Waals surface area contributed by atoms with E-state index < -0.39 is 10.0 Å². The minimum Gasteiger partial charge on any atom is -0.459 e. The molecule has 11 heteroatoms. The van der Waals surface area contributed by atoms with Gasteiger partial charge < -0.3 is 14.2 Å². The van der Waals surface area contributed by atoms with Crippen LogP contribution in [-0.2, 0) is 21.4 Å². The highest BCUT2D eigenvalue weighted by atomic mass is 32.2. The number of rotatable bonds is 5. The van der Waals surface area contributed by atoms with E-state index in [-0.39, 0.29) is 34.6 Å². The molecular weight excluding hydrogens is 472 g/mol. The molecule has 0 atom stereocenters. The van der Waals surface area contributed by atoms with E-state index in [4.69, 9.17) is 4.42 Å². The van der Waals surface area contributed by atoms with Crippen LogP contribution in [0.2, 0.25) is 0 Å². The molecule has 35 heavy (non-hydrogen) atoms. The number of furan rings is 1. The van der Waals surface area contributed by atoms with Crippen molar-refractivity contribution in [1.82, 2.24) is 18.7 Å². The first-order valence-corrected chi connectivity index (χ1v) is 13.0. The molecule has 0 bridgehead atoms. The minimum absolute atomic E-state index is 0.166. The molecule has 0 unspecified atom stereocenters. The second-order valence-electron chi connectivity index (χ2n) is 8.74. The maximum Gasteiger partial charge on any atom is 0.289 e. The quantitative estimate of drug-likeness (QED) is 0.525. The molecule has 0 saturated carbocycles. The van der Waals surface area contributed by atoms with Crippen LogP contribution in [-0.4, -0.2) is 78.2 Å². The number of hydrogen-bond acceptors (Lipinski definition) is 6. The summed E-state index contributed by atoms with van der Waals surface area (Å²) in [7, 11) is -3.59. The van der Waals surface area contributed by atoms with Crippen molar-refractivity contribution in [3.05, 3.63) is 64.8 Å². The lowest BCUT2D eigenvalue weighted by Crippen LogP contribution is -2.51. The highest BCUT2D eigenvalue weighted by Crippen LogP contribution is 2.24. The average Bonchev–Trinajstić information content (AvgIpc) is 3.60. The van der Waals surface area contributed by atoms with Gasteiger partial charge in [-0.05, 0) is 54.6 Å². The molecule has 0 aliphatic carbocycles.